The average molecular weight is 514 g/mol. The quantitative estimate of drug-likeness (QED) is 0.0570. The third-order valence-corrected chi connectivity index (χ3v) is 5.72. The summed E-state index contributed by atoms with van der Waals surface area (Å²) in [5.41, 5.74) is 26.9. The van der Waals surface area contributed by atoms with Gasteiger partial charge in [0.05, 0.1) is 12.5 Å². The third-order valence-electron chi connectivity index (χ3n) is 5.72. The topological polar surface area (TPSA) is 275 Å². The first-order valence-electron chi connectivity index (χ1n) is 11.9. The van der Waals surface area contributed by atoms with E-state index in [-0.39, 0.29) is 38.3 Å². The van der Waals surface area contributed by atoms with Crippen molar-refractivity contribution in [1.29, 1.82) is 0 Å². The number of aliphatic carboxylic acids is 1. The van der Waals surface area contributed by atoms with E-state index in [9.17, 15) is 29.1 Å². The van der Waals surface area contributed by atoms with Gasteiger partial charge >= 0.3 is 5.97 Å². The normalized spacial score (nSPS) is 17.5. The van der Waals surface area contributed by atoms with Crippen molar-refractivity contribution >= 4 is 35.6 Å². The van der Waals surface area contributed by atoms with Gasteiger partial charge in [-0.05, 0) is 51.5 Å². The lowest BCUT2D eigenvalue weighted by Gasteiger charge is -2.28. The Labute approximate surface area is 209 Å². The molecule has 15 heteroatoms. The summed E-state index contributed by atoms with van der Waals surface area (Å²) >= 11 is 0. The number of guanidine groups is 1. The van der Waals surface area contributed by atoms with Gasteiger partial charge in [-0.15, -0.1) is 0 Å². The molecule has 4 atom stereocenters. The van der Waals surface area contributed by atoms with E-state index < -0.39 is 53.8 Å². The molecule has 0 saturated carbocycles. The number of nitrogens with two attached hydrogens (primary N) is 5. The molecule has 0 aromatic rings. The molecule has 0 aromatic heterocycles. The Balaban J connectivity index is 2.89. The van der Waals surface area contributed by atoms with Crippen molar-refractivity contribution < 1.29 is 29.1 Å². The van der Waals surface area contributed by atoms with E-state index in [1.807, 2.05) is 0 Å². The summed E-state index contributed by atoms with van der Waals surface area (Å²) in [6, 6.07) is -4.30. The first-order valence-corrected chi connectivity index (χ1v) is 11.9. The number of hydrogen-bond acceptors (Lipinski definition) is 8. The van der Waals surface area contributed by atoms with Gasteiger partial charge in [-0.25, -0.2) is 4.79 Å². The van der Waals surface area contributed by atoms with Crippen LogP contribution in [0.5, 0.6) is 0 Å². The Hall–Kier alpha value is -3.46. The number of aliphatic imine (C=N–C) groups is 1. The third kappa shape index (κ3) is 10.4. The predicted molar refractivity (Wildman–Crippen MR) is 131 cm³/mol. The maximum atomic E-state index is 13.1. The fraction of sp³-hybridized carbons (Fsp3) is 0.714. The number of primary amides is 1. The van der Waals surface area contributed by atoms with E-state index in [0.29, 0.717) is 38.6 Å². The Morgan fingerprint density at radius 3 is 2.25 bits per heavy atom. The van der Waals surface area contributed by atoms with Gasteiger partial charge in [0.2, 0.25) is 23.6 Å². The van der Waals surface area contributed by atoms with Gasteiger partial charge in [0.25, 0.3) is 0 Å². The molecule has 0 aromatic carbocycles. The molecule has 4 unspecified atom stereocenters. The Bertz CT molecular complexity index is 818. The summed E-state index contributed by atoms with van der Waals surface area (Å²) in [5.74, 6) is -3.92. The van der Waals surface area contributed by atoms with Gasteiger partial charge in [0, 0.05) is 13.1 Å². The number of unbranched alkanes of at least 4 members (excludes halogenated alkanes) is 1. The molecule has 13 N–H and O–H groups in total. The summed E-state index contributed by atoms with van der Waals surface area (Å²) in [6.45, 7) is 0.847. The number of carboxylic acid groups (broad SMARTS) is 1. The first kappa shape index (κ1) is 30.6. The Morgan fingerprint density at radius 2 is 1.67 bits per heavy atom. The van der Waals surface area contributed by atoms with Crippen molar-refractivity contribution in [3.63, 3.8) is 0 Å². The van der Waals surface area contributed by atoms with E-state index >= 15 is 0 Å². The smallest absolute Gasteiger partial charge is 0.326 e. The van der Waals surface area contributed by atoms with Gasteiger partial charge < -0.3 is 49.3 Å². The van der Waals surface area contributed by atoms with Crippen LogP contribution in [0.4, 0.5) is 0 Å². The van der Waals surface area contributed by atoms with Crippen LogP contribution in [-0.2, 0) is 24.0 Å². The molecule has 36 heavy (non-hydrogen) atoms. The molecule has 4 amide bonds. The molecule has 1 aliphatic rings. The standard InChI is InChI=1S/C21H39N9O6/c22-8-2-1-5-13(17(32)29-14(20(35)36)6-3-9-27-21(25)26)28-18(33)15-7-4-10-30(15)19(34)12(23)11-16(24)31/h12-15H,1-11,22-23H2,(H2,24,31)(H,28,33)(H,29,32)(H,35,36)(H4,25,26,27). The molecule has 204 valence electrons. The molecule has 0 bridgehead atoms. The molecule has 15 nitrogen and oxygen atoms in total. The molecule has 1 saturated heterocycles. The number of amides is 4. The maximum Gasteiger partial charge on any atom is 0.326 e. The molecule has 1 fully saturated rings. The zero-order valence-corrected chi connectivity index (χ0v) is 20.4. The van der Waals surface area contributed by atoms with E-state index in [0.717, 1.165) is 0 Å². The highest BCUT2D eigenvalue weighted by molar-refractivity contribution is 5.95. The van der Waals surface area contributed by atoms with Crippen LogP contribution in [0.25, 0.3) is 0 Å². The van der Waals surface area contributed by atoms with Crippen LogP contribution in [0, 0.1) is 0 Å². The molecular formula is C21H39N9O6. The summed E-state index contributed by atoms with van der Waals surface area (Å²) in [6.07, 6.45) is 2.23. The fourth-order valence-corrected chi connectivity index (χ4v) is 3.88. The number of hydrogen-bond donors (Lipinski definition) is 8. The number of nitrogens with one attached hydrogen (secondary N) is 2. The summed E-state index contributed by atoms with van der Waals surface area (Å²) in [5, 5.41) is 14.6. The van der Waals surface area contributed by atoms with Crippen molar-refractivity contribution in [2.75, 3.05) is 19.6 Å². The SMILES string of the molecule is NCCCCC(NC(=O)C1CCCN1C(=O)C(N)CC(N)=O)C(=O)NC(CCCN=C(N)N)C(=O)O. The fourth-order valence-electron chi connectivity index (χ4n) is 3.88. The minimum Gasteiger partial charge on any atom is -0.480 e. The van der Waals surface area contributed by atoms with Crippen LogP contribution in [0.15, 0.2) is 4.99 Å². The van der Waals surface area contributed by atoms with E-state index in [1.54, 1.807) is 0 Å². The lowest BCUT2D eigenvalue weighted by molar-refractivity contribution is -0.143. The number of nitrogens with zero attached hydrogens (tertiary/aromatic N) is 2. The van der Waals surface area contributed by atoms with Crippen LogP contribution < -0.4 is 39.3 Å². The number of carbonyl (C=O) groups excluding carboxylic acids is 4. The minimum atomic E-state index is -1.24. The first-order chi connectivity index (χ1) is 17.0. The van der Waals surface area contributed by atoms with Crippen molar-refractivity contribution in [2.24, 2.45) is 33.7 Å². The summed E-state index contributed by atoms with van der Waals surface area (Å²) in [4.78, 5) is 66.5. The number of carboxylic acids is 1. The van der Waals surface area contributed by atoms with Gasteiger partial charge in [-0.2, -0.15) is 0 Å². The highest BCUT2D eigenvalue weighted by Crippen LogP contribution is 2.19. The van der Waals surface area contributed by atoms with Gasteiger partial charge in [-0.3, -0.25) is 24.2 Å². The van der Waals surface area contributed by atoms with E-state index in [2.05, 4.69) is 15.6 Å². The highest BCUT2D eigenvalue weighted by Gasteiger charge is 2.38. The highest BCUT2D eigenvalue weighted by atomic mass is 16.4. The summed E-state index contributed by atoms with van der Waals surface area (Å²) < 4.78 is 0. The largest absolute Gasteiger partial charge is 0.480 e. The second kappa shape index (κ2) is 15.5. The van der Waals surface area contributed by atoms with Crippen LogP contribution in [-0.4, -0.2) is 89.4 Å². The second-order valence-corrected chi connectivity index (χ2v) is 8.66. The molecule has 1 heterocycles. The van der Waals surface area contributed by atoms with Crippen LogP contribution in [0.3, 0.4) is 0 Å². The molecule has 1 aliphatic heterocycles. The zero-order chi connectivity index (χ0) is 27.3. The van der Waals surface area contributed by atoms with Gasteiger partial charge in [0.15, 0.2) is 5.96 Å². The van der Waals surface area contributed by atoms with Gasteiger partial charge in [0.1, 0.15) is 18.1 Å². The molecule has 0 radical (unpaired) electrons. The summed E-state index contributed by atoms with van der Waals surface area (Å²) in [7, 11) is 0. The monoisotopic (exact) mass is 513 g/mol. The van der Waals surface area contributed by atoms with Gasteiger partial charge in [-0.1, -0.05) is 0 Å². The number of carbonyl (C=O) groups is 5. The lowest BCUT2D eigenvalue weighted by Crippen LogP contribution is -2.56. The van der Waals surface area contributed by atoms with Crippen LogP contribution in [0.2, 0.25) is 0 Å². The molecule has 0 spiro atoms. The Morgan fingerprint density at radius 1 is 1.00 bits per heavy atom. The number of rotatable bonds is 16. The lowest BCUT2D eigenvalue weighted by atomic mass is 10.1. The van der Waals surface area contributed by atoms with Crippen molar-refractivity contribution in [3.8, 4) is 0 Å². The second-order valence-electron chi connectivity index (χ2n) is 8.66. The Kier molecular flexibility index (Phi) is 13.2. The van der Waals surface area contributed by atoms with E-state index in [4.69, 9.17) is 28.7 Å². The van der Waals surface area contributed by atoms with Crippen molar-refractivity contribution in [2.45, 2.75) is 75.5 Å². The van der Waals surface area contributed by atoms with Crippen molar-refractivity contribution in [1.82, 2.24) is 15.5 Å². The maximum absolute atomic E-state index is 13.1. The predicted octanol–water partition coefficient (Wildman–Crippen LogP) is -3.58. The molecule has 1 rings (SSSR count). The minimum absolute atomic E-state index is 0.0734. The number of likely N-dealkylation sites (tertiary alicyclic amines) is 1. The average Bonchev–Trinajstić information content (AvgIpc) is 3.29. The molecular weight excluding hydrogens is 474 g/mol. The van der Waals surface area contributed by atoms with Crippen LogP contribution in [0.1, 0.15) is 51.4 Å². The zero-order valence-electron chi connectivity index (χ0n) is 20.4. The van der Waals surface area contributed by atoms with Crippen LogP contribution >= 0.6 is 0 Å². The molecule has 0 aliphatic carbocycles. The van der Waals surface area contributed by atoms with E-state index in [1.165, 1.54) is 4.90 Å². The van der Waals surface area contributed by atoms with Crippen molar-refractivity contribution in [3.05, 3.63) is 0 Å².